The maximum absolute atomic E-state index is 9.57. The van der Waals surface area contributed by atoms with Crippen LogP contribution in [0.2, 0.25) is 0 Å². The Morgan fingerprint density at radius 1 is 1.78 bits per heavy atom. The van der Waals surface area contributed by atoms with Crippen LogP contribution in [-0.4, -0.2) is 22.5 Å². The molecule has 0 bridgehead atoms. The molecule has 1 atom stereocenters. The van der Waals surface area contributed by atoms with Crippen LogP contribution >= 0.6 is 23.2 Å². The molecular weight excluding hydrogens is 167 g/mol. The third-order valence-electron chi connectivity index (χ3n) is 0.437. The molecule has 0 heterocycles. The van der Waals surface area contributed by atoms with Crippen LogP contribution in [0.25, 0.3) is 0 Å². The number of aliphatic imine (C=N–C) groups is 1. The van der Waals surface area contributed by atoms with Gasteiger partial charge >= 0.3 is 0 Å². The standard InChI is InChI=1S/C3H4Cl2N2O2/c4-2(5)7-3(9)6-1-8/h1,3,9H,(H,6,8). The molecule has 1 amide bonds. The summed E-state index contributed by atoms with van der Waals surface area (Å²) in [4.78, 5) is 12.7. The number of halogens is 2. The van der Waals surface area contributed by atoms with Crippen LogP contribution in [0.3, 0.4) is 0 Å². The van der Waals surface area contributed by atoms with E-state index in [0.717, 1.165) is 0 Å². The second kappa shape index (κ2) is 4.55. The normalized spacial score (nSPS) is 11.9. The minimum Gasteiger partial charge on any atom is -0.355 e. The summed E-state index contributed by atoms with van der Waals surface area (Å²) in [6.45, 7) is 0. The van der Waals surface area contributed by atoms with Gasteiger partial charge in [0.1, 0.15) is 0 Å². The highest BCUT2D eigenvalue weighted by molar-refractivity contribution is 6.95. The zero-order valence-corrected chi connectivity index (χ0v) is 5.73. The predicted octanol–water partition coefficient (Wildman–Crippen LogP) is -0.158. The van der Waals surface area contributed by atoms with Crippen molar-refractivity contribution in [1.29, 1.82) is 0 Å². The van der Waals surface area contributed by atoms with Gasteiger partial charge in [0.05, 0.1) is 0 Å². The summed E-state index contributed by atoms with van der Waals surface area (Å²) >= 11 is 10.0. The summed E-state index contributed by atoms with van der Waals surface area (Å²) in [5, 5.41) is 10.4. The molecule has 52 valence electrons. The van der Waals surface area contributed by atoms with Crippen molar-refractivity contribution in [3.05, 3.63) is 0 Å². The van der Waals surface area contributed by atoms with Gasteiger partial charge in [-0.3, -0.25) is 4.79 Å². The molecule has 1 unspecified atom stereocenters. The van der Waals surface area contributed by atoms with E-state index in [1.165, 1.54) is 0 Å². The number of aliphatic hydroxyl groups is 1. The first-order valence-corrected chi connectivity index (χ1v) is 2.69. The van der Waals surface area contributed by atoms with E-state index in [2.05, 4.69) is 4.99 Å². The smallest absolute Gasteiger partial charge is 0.227 e. The van der Waals surface area contributed by atoms with E-state index >= 15 is 0 Å². The van der Waals surface area contributed by atoms with E-state index in [4.69, 9.17) is 28.3 Å². The number of hydrogen-bond acceptors (Lipinski definition) is 3. The van der Waals surface area contributed by atoms with E-state index in [1.54, 1.807) is 0 Å². The summed E-state index contributed by atoms with van der Waals surface area (Å²) in [5.74, 6) is 0. The van der Waals surface area contributed by atoms with Gasteiger partial charge in [0, 0.05) is 0 Å². The van der Waals surface area contributed by atoms with Crippen LogP contribution in [0.4, 0.5) is 0 Å². The largest absolute Gasteiger partial charge is 0.355 e. The Morgan fingerprint density at radius 2 is 2.33 bits per heavy atom. The van der Waals surface area contributed by atoms with E-state index in [-0.39, 0.29) is 11.0 Å². The van der Waals surface area contributed by atoms with Gasteiger partial charge in [-0.05, 0) is 23.2 Å². The van der Waals surface area contributed by atoms with E-state index in [1.807, 2.05) is 5.32 Å². The number of rotatable bonds is 3. The lowest BCUT2D eigenvalue weighted by Crippen LogP contribution is -2.25. The van der Waals surface area contributed by atoms with Gasteiger partial charge in [-0.1, -0.05) is 0 Å². The van der Waals surface area contributed by atoms with Crippen LogP contribution in [-0.2, 0) is 4.79 Å². The maximum atomic E-state index is 9.57. The average molecular weight is 171 g/mol. The van der Waals surface area contributed by atoms with Gasteiger partial charge < -0.3 is 10.4 Å². The molecule has 2 N–H and O–H groups in total. The highest BCUT2D eigenvalue weighted by Crippen LogP contribution is 1.92. The lowest BCUT2D eigenvalue weighted by atomic mass is 10.9. The second-order valence-electron chi connectivity index (χ2n) is 1.03. The Hall–Kier alpha value is -0.320. The zero-order chi connectivity index (χ0) is 7.28. The summed E-state index contributed by atoms with van der Waals surface area (Å²) in [5.41, 5.74) is 0. The van der Waals surface area contributed by atoms with E-state index in [9.17, 15) is 4.79 Å². The topological polar surface area (TPSA) is 61.7 Å². The lowest BCUT2D eigenvalue weighted by molar-refractivity contribution is -0.111. The molecule has 0 aliphatic rings. The molecule has 0 aromatic heterocycles. The number of hydrogen-bond donors (Lipinski definition) is 2. The van der Waals surface area contributed by atoms with Gasteiger partial charge in [-0.25, -0.2) is 4.99 Å². The van der Waals surface area contributed by atoms with Crippen LogP contribution < -0.4 is 5.32 Å². The number of carbonyl (C=O) groups is 1. The molecule has 6 heteroatoms. The van der Waals surface area contributed by atoms with Crippen LogP contribution in [0.1, 0.15) is 0 Å². The Labute approximate surface area is 61.5 Å². The molecule has 0 aromatic carbocycles. The molecule has 0 aliphatic carbocycles. The molecule has 0 aromatic rings. The molecule has 0 saturated heterocycles. The molecule has 4 nitrogen and oxygen atoms in total. The summed E-state index contributed by atoms with van der Waals surface area (Å²) < 4.78 is -0.336. The summed E-state index contributed by atoms with van der Waals surface area (Å²) in [6, 6.07) is 0. The summed E-state index contributed by atoms with van der Waals surface area (Å²) in [7, 11) is 0. The van der Waals surface area contributed by atoms with E-state index < -0.39 is 6.35 Å². The minimum absolute atomic E-state index is 0.283. The quantitative estimate of drug-likeness (QED) is 0.352. The van der Waals surface area contributed by atoms with Crippen molar-refractivity contribution in [2.75, 3.05) is 0 Å². The van der Waals surface area contributed by atoms with Gasteiger partial charge in [0.15, 0.2) is 4.63 Å². The molecule has 0 rings (SSSR count). The molecule has 0 aliphatic heterocycles. The Bertz CT molecular complexity index is 123. The molecule has 0 fully saturated rings. The van der Waals surface area contributed by atoms with Crippen molar-refractivity contribution in [3.8, 4) is 0 Å². The fourth-order valence-electron chi connectivity index (χ4n) is 0.191. The zero-order valence-electron chi connectivity index (χ0n) is 4.21. The minimum atomic E-state index is -1.35. The van der Waals surface area contributed by atoms with Crippen molar-refractivity contribution < 1.29 is 9.90 Å². The van der Waals surface area contributed by atoms with Gasteiger partial charge in [-0.15, -0.1) is 0 Å². The first-order chi connectivity index (χ1) is 4.16. The fraction of sp³-hybridized carbons (Fsp3) is 0.333. The van der Waals surface area contributed by atoms with Crippen molar-refractivity contribution in [1.82, 2.24) is 5.32 Å². The van der Waals surface area contributed by atoms with Gasteiger partial charge in [0.25, 0.3) is 0 Å². The number of carbonyl (C=O) groups excluding carboxylic acids is 1. The highest BCUT2D eigenvalue weighted by Gasteiger charge is 1.95. The Kier molecular flexibility index (Phi) is 4.39. The van der Waals surface area contributed by atoms with Crippen LogP contribution in [0.5, 0.6) is 0 Å². The Balaban J connectivity index is 3.61. The molecule has 0 radical (unpaired) electrons. The monoisotopic (exact) mass is 170 g/mol. The van der Waals surface area contributed by atoms with Crippen molar-refractivity contribution in [3.63, 3.8) is 0 Å². The number of nitrogens with zero attached hydrogens (tertiary/aromatic N) is 1. The average Bonchev–Trinajstić information content (AvgIpc) is 1.63. The maximum Gasteiger partial charge on any atom is 0.227 e. The third-order valence-corrected chi connectivity index (χ3v) is 0.632. The van der Waals surface area contributed by atoms with Gasteiger partial charge in [-0.2, -0.15) is 0 Å². The van der Waals surface area contributed by atoms with Crippen molar-refractivity contribution in [2.24, 2.45) is 4.99 Å². The molecule has 9 heavy (non-hydrogen) atoms. The molecule has 0 spiro atoms. The molecular formula is C3H4Cl2N2O2. The first kappa shape index (κ1) is 8.68. The second-order valence-corrected chi connectivity index (χ2v) is 1.94. The predicted molar refractivity (Wildman–Crippen MR) is 34.3 cm³/mol. The number of nitrogens with one attached hydrogen (secondary N) is 1. The summed E-state index contributed by atoms with van der Waals surface area (Å²) in [6.07, 6.45) is -1.07. The third kappa shape index (κ3) is 5.55. The van der Waals surface area contributed by atoms with Crippen LogP contribution in [0, 0.1) is 0 Å². The number of amides is 1. The first-order valence-electron chi connectivity index (χ1n) is 1.93. The molecule has 0 saturated carbocycles. The van der Waals surface area contributed by atoms with E-state index in [0.29, 0.717) is 0 Å². The van der Waals surface area contributed by atoms with Crippen molar-refractivity contribution in [2.45, 2.75) is 6.35 Å². The van der Waals surface area contributed by atoms with Crippen LogP contribution in [0.15, 0.2) is 4.99 Å². The fourth-order valence-corrected chi connectivity index (χ4v) is 0.375. The van der Waals surface area contributed by atoms with Crippen molar-refractivity contribution >= 4 is 34.2 Å². The lowest BCUT2D eigenvalue weighted by Gasteiger charge is -1.99. The number of aliphatic hydroxyl groups excluding tert-OH is 1. The SMILES string of the molecule is O=CNC(O)N=C(Cl)Cl. The highest BCUT2D eigenvalue weighted by atomic mass is 35.5. The Morgan fingerprint density at radius 3 is 2.67 bits per heavy atom. The van der Waals surface area contributed by atoms with Gasteiger partial charge in [0.2, 0.25) is 12.8 Å².